The minimum atomic E-state index is -0.840. The molecule has 0 aliphatic carbocycles. The Morgan fingerprint density at radius 2 is 2.10 bits per heavy atom. The molecule has 20 heavy (non-hydrogen) atoms. The number of nitrogens with two attached hydrogens (primary N) is 1. The SMILES string of the molecule is CC/C(=C/COc1ccc(C(N)=O)c(F)c1)C(=O)OC. The van der Waals surface area contributed by atoms with Crippen molar-refractivity contribution in [3.63, 3.8) is 0 Å². The van der Waals surface area contributed by atoms with Crippen LogP contribution >= 0.6 is 0 Å². The van der Waals surface area contributed by atoms with Crippen molar-refractivity contribution in [3.8, 4) is 5.75 Å². The number of hydrogen-bond acceptors (Lipinski definition) is 4. The lowest BCUT2D eigenvalue weighted by atomic mass is 10.2. The maximum atomic E-state index is 13.5. The van der Waals surface area contributed by atoms with Gasteiger partial charge in [0.2, 0.25) is 0 Å². The molecule has 0 unspecified atom stereocenters. The quantitative estimate of drug-likeness (QED) is 0.637. The molecule has 0 spiro atoms. The number of halogens is 1. The van der Waals surface area contributed by atoms with Crippen molar-refractivity contribution in [2.45, 2.75) is 13.3 Å². The summed E-state index contributed by atoms with van der Waals surface area (Å²) in [4.78, 5) is 22.2. The highest BCUT2D eigenvalue weighted by atomic mass is 19.1. The molecule has 1 rings (SSSR count). The van der Waals surface area contributed by atoms with E-state index in [0.29, 0.717) is 12.0 Å². The zero-order chi connectivity index (χ0) is 15.1. The molecular formula is C14H16FNO4. The topological polar surface area (TPSA) is 78.6 Å². The van der Waals surface area contributed by atoms with Gasteiger partial charge in [0, 0.05) is 11.6 Å². The molecule has 0 aliphatic rings. The lowest BCUT2D eigenvalue weighted by Crippen LogP contribution is -2.13. The first kappa shape index (κ1) is 15.7. The third-order valence-corrected chi connectivity index (χ3v) is 2.61. The van der Waals surface area contributed by atoms with Crippen LogP contribution in [0.4, 0.5) is 4.39 Å². The Bertz CT molecular complexity index is 540. The van der Waals surface area contributed by atoms with Crippen molar-refractivity contribution in [3.05, 3.63) is 41.2 Å². The highest BCUT2D eigenvalue weighted by Gasteiger charge is 2.09. The second-order valence-electron chi connectivity index (χ2n) is 3.89. The summed E-state index contributed by atoms with van der Waals surface area (Å²) in [5, 5.41) is 0. The van der Waals surface area contributed by atoms with Gasteiger partial charge in [0.05, 0.1) is 12.7 Å². The van der Waals surface area contributed by atoms with Crippen molar-refractivity contribution >= 4 is 11.9 Å². The van der Waals surface area contributed by atoms with E-state index >= 15 is 0 Å². The number of carbonyl (C=O) groups is 2. The Morgan fingerprint density at radius 1 is 1.40 bits per heavy atom. The first-order valence-electron chi connectivity index (χ1n) is 5.99. The van der Waals surface area contributed by atoms with Gasteiger partial charge < -0.3 is 15.2 Å². The summed E-state index contributed by atoms with van der Waals surface area (Å²) in [6, 6.07) is 3.75. The molecule has 0 saturated carbocycles. The number of rotatable bonds is 6. The van der Waals surface area contributed by atoms with Crippen LogP contribution in [-0.4, -0.2) is 25.6 Å². The third kappa shape index (κ3) is 4.08. The molecule has 1 amide bonds. The number of methoxy groups -OCH3 is 1. The molecule has 0 aliphatic heterocycles. The molecule has 0 heterocycles. The molecule has 1 aromatic rings. The van der Waals surface area contributed by atoms with E-state index in [1.165, 1.54) is 19.2 Å². The number of amides is 1. The van der Waals surface area contributed by atoms with Gasteiger partial charge in [0.15, 0.2) is 0 Å². The minimum absolute atomic E-state index is 0.0909. The van der Waals surface area contributed by atoms with Gasteiger partial charge in [0.25, 0.3) is 5.91 Å². The molecule has 108 valence electrons. The van der Waals surface area contributed by atoms with Crippen molar-refractivity contribution in [2.75, 3.05) is 13.7 Å². The number of carbonyl (C=O) groups excluding carboxylic acids is 2. The first-order valence-corrected chi connectivity index (χ1v) is 5.99. The molecular weight excluding hydrogens is 265 g/mol. The van der Waals surface area contributed by atoms with Gasteiger partial charge in [-0.2, -0.15) is 0 Å². The van der Waals surface area contributed by atoms with E-state index in [9.17, 15) is 14.0 Å². The Hall–Kier alpha value is -2.37. The van der Waals surface area contributed by atoms with E-state index in [2.05, 4.69) is 4.74 Å². The van der Waals surface area contributed by atoms with Crippen LogP contribution in [0.5, 0.6) is 5.75 Å². The average molecular weight is 281 g/mol. The largest absolute Gasteiger partial charge is 0.489 e. The van der Waals surface area contributed by atoms with Crippen LogP contribution in [0.3, 0.4) is 0 Å². The summed E-state index contributed by atoms with van der Waals surface area (Å²) in [7, 11) is 1.30. The van der Waals surface area contributed by atoms with Crippen molar-refractivity contribution in [2.24, 2.45) is 5.73 Å². The summed E-state index contributed by atoms with van der Waals surface area (Å²) in [6.07, 6.45) is 2.07. The minimum Gasteiger partial charge on any atom is -0.489 e. The van der Waals surface area contributed by atoms with E-state index in [4.69, 9.17) is 10.5 Å². The third-order valence-electron chi connectivity index (χ3n) is 2.61. The maximum absolute atomic E-state index is 13.5. The summed E-state index contributed by atoms with van der Waals surface area (Å²) >= 11 is 0. The van der Waals surface area contributed by atoms with E-state index in [1.807, 2.05) is 6.92 Å². The van der Waals surface area contributed by atoms with Crippen LogP contribution in [0.25, 0.3) is 0 Å². The zero-order valence-corrected chi connectivity index (χ0v) is 11.3. The average Bonchev–Trinajstić information content (AvgIpc) is 2.42. The summed E-state index contributed by atoms with van der Waals surface area (Å²) in [6.45, 7) is 1.90. The van der Waals surface area contributed by atoms with E-state index in [1.54, 1.807) is 6.08 Å². The second kappa shape index (κ2) is 7.28. The van der Waals surface area contributed by atoms with Gasteiger partial charge in [-0.1, -0.05) is 6.92 Å². The fourth-order valence-corrected chi connectivity index (χ4v) is 1.53. The number of esters is 1. The molecule has 0 fully saturated rings. The zero-order valence-electron chi connectivity index (χ0n) is 11.3. The van der Waals surface area contributed by atoms with Crippen LogP contribution in [-0.2, 0) is 9.53 Å². The Morgan fingerprint density at radius 3 is 2.60 bits per heavy atom. The van der Waals surface area contributed by atoms with E-state index in [0.717, 1.165) is 6.07 Å². The summed E-state index contributed by atoms with van der Waals surface area (Å²) in [5.41, 5.74) is 5.27. The standard InChI is InChI=1S/C14H16FNO4/c1-3-9(14(18)19-2)6-7-20-10-4-5-11(13(16)17)12(15)8-10/h4-6,8H,3,7H2,1-2H3,(H2,16,17)/b9-6-. The highest BCUT2D eigenvalue weighted by Crippen LogP contribution is 2.16. The number of primary amides is 1. The predicted octanol–water partition coefficient (Wildman–Crippen LogP) is 1.81. The van der Waals surface area contributed by atoms with Gasteiger partial charge in [-0.25, -0.2) is 9.18 Å². The fourth-order valence-electron chi connectivity index (χ4n) is 1.53. The van der Waals surface area contributed by atoms with Crippen molar-refractivity contribution in [1.29, 1.82) is 0 Å². The molecule has 0 saturated heterocycles. The summed E-state index contributed by atoms with van der Waals surface area (Å²) < 4.78 is 23.3. The Labute approximate surface area is 116 Å². The van der Waals surface area contributed by atoms with Crippen molar-refractivity contribution in [1.82, 2.24) is 0 Å². The predicted molar refractivity (Wildman–Crippen MR) is 70.8 cm³/mol. The smallest absolute Gasteiger partial charge is 0.333 e. The van der Waals surface area contributed by atoms with Crippen LogP contribution in [0.2, 0.25) is 0 Å². The molecule has 0 radical (unpaired) electrons. The molecule has 2 N–H and O–H groups in total. The van der Waals surface area contributed by atoms with Crippen molar-refractivity contribution < 1.29 is 23.5 Å². The lowest BCUT2D eigenvalue weighted by Gasteiger charge is -2.06. The molecule has 6 heteroatoms. The second-order valence-corrected chi connectivity index (χ2v) is 3.89. The first-order chi connectivity index (χ1) is 9.49. The molecule has 1 aromatic carbocycles. The van der Waals surface area contributed by atoms with E-state index in [-0.39, 0.29) is 17.9 Å². The summed E-state index contributed by atoms with van der Waals surface area (Å²) in [5.74, 6) is -1.77. The number of benzene rings is 1. The van der Waals surface area contributed by atoms with Crippen LogP contribution in [0.15, 0.2) is 29.8 Å². The Balaban J connectivity index is 2.71. The highest BCUT2D eigenvalue weighted by molar-refractivity contribution is 5.93. The normalized spacial score (nSPS) is 11.1. The molecule has 0 atom stereocenters. The number of ether oxygens (including phenoxy) is 2. The Kier molecular flexibility index (Phi) is 5.71. The number of hydrogen-bond donors (Lipinski definition) is 1. The lowest BCUT2D eigenvalue weighted by molar-refractivity contribution is -0.136. The van der Waals surface area contributed by atoms with Crippen LogP contribution in [0, 0.1) is 5.82 Å². The van der Waals surface area contributed by atoms with Gasteiger partial charge in [-0.15, -0.1) is 0 Å². The van der Waals surface area contributed by atoms with Gasteiger partial charge in [-0.05, 0) is 24.6 Å². The monoisotopic (exact) mass is 281 g/mol. The van der Waals surface area contributed by atoms with Gasteiger partial charge >= 0.3 is 5.97 Å². The van der Waals surface area contributed by atoms with Gasteiger partial charge in [0.1, 0.15) is 18.2 Å². The van der Waals surface area contributed by atoms with Crippen LogP contribution < -0.4 is 10.5 Å². The molecule has 0 aromatic heterocycles. The van der Waals surface area contributed by atoms with E-state index < -0.39 is 17.7 Å². The molecule has 5 nitrogen and oxygen atoms in total. The van der Waals surface area contributed by atoms with Gasteiger partial charge in [-0.3, -0.25) is 4.79 Å². The maximum Gasteiger partial charge on any atom is 0.333 e. The molecule has 0 bridgehead atoms. The fraction of sp³-hybridized carbons (Fsp3) is 0.286. The van der Waals surface area contributed by atoms with Crippen LogP contribution in [0.1, 0.15) is 23.7 Å².